The lowest BCUT2D eigenvalue weighted by Gasteiger charge is -1.99. The topological polar surface area (TPSA) is 58.9 Å². The van der Waals surface area contributed by atoms with Gasteiger partial charge in [-0.05, 0) is 64.2 Å². The molecule has 242 valence electrons. The number of carbonyl (C=O) groups is 2. The summed E-state index contributed by atoms with van der Waals surface area (Å²) in [6.45, 7) is 4.53. The highest BCUT2D eigenvalue weighted by Crippen LogP contribution is 2.12. The van der Waals surface area contributed by atoms with Crippen LogP contribution >= 0.6 is 0 Å². The number of carbonyl (C=O) groups excluding carboxylic acids is 2. The van der Waals surface area contributed by atoms with Crippen LogP contribution in [-0.4, -0.2) is 24.2 Å². The van der Waals surface area contributed by atoms with Gasteiger partial charge in [0.25, 0.3) is 0 Å². The molecular formula is C38H68N2O2. The van der Waals surface area contributed by atoms with E-state index in [1.165, 1.54) is 154 Å². The van der Waals surface area contributed by atoms with Gasteiger partial charge in [-0.2, -0.15) is 0 Å². The van der Waals surface area contributed by atoms with E-state index in [9.17, 15) is 9.59 Å². The third-order valence-electron chi connectivity index (χ3n) is 7.81. The Labute approximate surface area is 261 Å². The van der Waals surface area contributed by atoms with Gasteiger partial charge in [-0.3, -0.25) is 9.59 Å². The summed E-state index contributed by atoms with van der Waals surface area (Å²) >= 11 is 0. The highest BCUT2D eigenvalue weighted by Gasteiger charge is 2.00. The van der Waals surface area contributed by atoms with Crippen molar-refractivity contribution in [3.8, 4) is 0 Å². The van der Waals surface area contributed by atoms with Crippen LogP contribution in [-0.2, 0) is 9.59 Å². The molecule has 0 aliphatic rings. The van der Waals surface area contributed by atoms with Crippen LogP contribution in [0.3, 0.4) is 0 Å². The molecule has 0 spiro atoms. The molecular weight excluding hydrogens is 516 g/mol. The molecule has 0 unspecified atom stereocenters. The lowest BCUT2D eigenvalue weighted by molar-refractivity contribution is -0.118. The number of allylic oxidation sites excluding steroid dienone is 4. The Kier molecular flexibility index (Phi) is 33.8. The average Bonchev–Trinajstić information content (AvgIpc) is 2.99. The number of hydrogen-bond acceptors (Lipinski definition) is 2. The molecule has 0 aromatic carbocycles. The maximum atomic E-state index is 11.9. The fraction of sp³-hybridized carbons (Fsp3) is 0.789. The molecule has 0 aliphatic heterocycles. The molecule has 0 aromatic rings. The summed E-state index contributed by atoms with van der Waals surface area (Å²) < 4.78 is 0. The molecule has 0 radical (unpaired) electrons. The predicted molar refractivity (Wildman–Crippen MR) is 186 cm³/mol. The second-order valence-corrected chi connectivity index (χ2v) is 12.0. The Morgan fingerprint density at radius 2 is 0.643 bits per heavy atom. The van der Waals surface area contributed by atoms with Crippen molar-refractivity contribution in [1.82, 2.24) is 0 Å². The van der Waals surface area contributed by atoms with Gasteiger partial charge in [0.1, 0.15) is 0 Å². The second-order valence-electron chi connectivity index (χ2n) is 12.0. The molecule has 0 N–H and O–H groups in total. The number of amides is 2. The smallest absolute Gasteiger partial charge is 0.245 e. The molecule has 0 aromatic heterocycles. The molecule has 0 saturated heterocycles. The Morgan fingerprint density at radius 3 is 0.952 bits per heavy atom. The van der Waals surface area contributed by atoms with Crippen LogP contribution in [0.15, 0.2) is 34.3 Å². The molecule has 0 bridgehead atoms. The van der Waals surface area contributed by atoms with E-state index < -0.39 is 0 Å². The van der Waals surface area contributed by atoms with Gasteiger partial charge in [0.2, 0.25) is 11.8 Å². The average molecular weight is 585 g/mol. The zero-order valence-corrected chi connectivity index (χ0v) is 28.0. The summed E-state index contributed by atoms with van der Waals surface area (Å²) in [4.78, 5) is 31.6. The van der Waals surface area contributed by atoms with Gasteiger partial charge in [0.15, 0.2) is 0 Å². The fourth-order valence-electron chi connectivity index (χ4n) is 5.06. The van der Waals surface area contributed by atoms with Gasteiger partial charge in [-0.15, -0.1) is 0 Å². The highest BCUT2D eigenvalue weighted by atomic mass is 16.1. The minimum Gasteiger partial charge on any atom is -0.273 e. The minimum absolute atomic E-state index is 0.121. The van der Waals surface area contributed by atoms with E-state index in [0.29, 0.717) is 12.8 Å². The van der Waals surface area contributed by atoms with Gasteiger partial charge in [0.05, 0.1) is 0 Å². The van der Waals surface area contributed by atoms with Crippen molar-refractivity contribution in [2.75, 3.05) is 0 Å². The lowest BCUT2D eigenvalue weighted by Crippen LogP contribution is -1.97. The van der Waals surface area contributed by atoms with E-state index in [0.717, 1.165) is 25.7 Å². The van der Waals surface area contributed by atoms with Crippen molar-refractivity contribution in [2.24, 2.45) is 9.98 Å². The second kappa shape index (κ2) is 35.4. The number of rotatable bonds is 31. The van der Waals surface area contributed by atoms with Gasteiger partial charge in [-0.25, -0.2) is 9.98 Å². The van der Waals surface area contributed by atoms with Gasteiger partial charge >= 0.3 is 0 Å². The van der Waals surface area contributed by atoms with E-state index in [1.54, 1.807) is 0 Å². The summed E-state index contributed by atoms with van der Waals surface area (Å²) in [5.41, 5.74) is 0. The summed E-state index contributed by atoms with van der Waals surface area (Å²) in [6, 6.07) is 0. The van der Waals surface area contributed by atoms with Gasteiger partial charge in [0, 0.05) is 25.3 Å². The SMILES string of the molecule is CCCCCCCCC=CCCCCCCCC(=O)N=CC=NC(=O)CCCCCCCC=CCCCCCCCC. The van der Waals surface area contributed by atoms with E-state index in [2.05, 4.69) is 48.1 Å². The maximum Gasteiger partial charge on any atom is 0.245 e. The van der Waals surface area contributed by atoms with Crippen LogP contribution < -0.4 is 0 Å². The van der Waals surface area contributed by atoms with Gasteiger partial charge in [-0.1, -0.05) is 141 Å². The normalized spacial score (nSPS) is 12.1. The maximum absolute atomic E-state index is 11.9. The molecule has 4 nitrogen and oxygen atoms in total. The molecule has 0 rings (SSSR count). The molecule has 0 heterocycles. The first-order chi connectivity index (χ1) is 20.7. The van der Waals surface area contributed by atoms with Gasteiger partial charge < -0.3 is 0 Å². The van der Waals surface area contributed by atoms with E-state index in [1.807, 2.05) is 0 Å². The molecule has 0 saturated carbocycles. The quantitative estimate of drug-likeness (QED) is 0.0462. The molecule has 42 heavy (non-hydrogen) atoms. The molecule has 0 fully saturated rings. The van der Waals surface area contributed by atoms with Crippen LogP contribution in [0.2, 0.25) is 0 Å². The van der Waals surface area contributed by atoms with Crippen molar-refractivity contribution in [2.45, 2.75) is 194 Å². The zero-order chi connectivity index (χ0) is 30.6. The van der Waals surface area contributed by atoms with Crippen LogP contribution in [0.25, 0.3) is 0 Å². The lowest BCUT2D eigenvalue weighted by atomic mass is 10.1. The third kappa shape index (κ3) is 34.4. The molecule has 0 atom stereocenters. The number of unbranched alkanes of at least 4 members (excludes halogenated alkanes) is 22. The summed E-state index contributed by atoms with van der Waals surface area (Å²) in [7, 11) is 0. The van der Waals surface area contributed by atoms with E-state index in [-0.39, 0.29) is 11.8 Å². The first-order valence-corrected chi connectivity index (χ1v) is 18.1. The van der Waals surface area contributed by atoms with Crippen molar-refractivity contribution >= 4 is 24.2 Å². The first-order valence-electron chi connectivity index (χ1n) is 18.1. The summed E-state index contributed by atoms with van der Waals surface area (Å²) in [5, 5.41) is 0. The molecule has 4 heteroatoms. The van der Waals surface area contributed by atoms with Crippen LogP contribution in [0, 0.1) is 0 Å². The van der Waals surface area contributed by atoms with Crippen LogP contribution in [0.1, 0.15) is 194 Å². The monoisotopic (exact) mass is 585 g/mol. The third-order valence-corrected chi connectivity index (χ3v) is 7.81. The summed E-state index contributed by atoms with van der Waals surface area (Å²) in [6.07, 6.45) is 45.5. The Hall–Kier alpha value is -1.84. The number of aliphatic imine (C=N–C) groups is 2. The van der Waals surface area contributed by atoms with E-state index >= 15 is 0 Å². The van der Waals surface area contributed by atoms with Crippen LogP contribution in [0.4, 0.5) is 0 Å². The molecule has 2 amide bonds. The largest absolute Gasteiger partial charge is 0.273 e. The number of nitrogens with zero attached hydrogens (tertiary/aromatic N) is 2. The van der Waals surface area contributed by atoms with Crippen LogP contribution in [0.5, 0.6) is 0 Å². The Morgan fingerprint density at radius 1 is 0.381 bits per heavy atom. The highest BCUT2D eigenvalue weighted by molar-refractivity contribution is 6.21. The van der Waals surface area contributed by atoms with Crippen molar-refractivity contribution in [1.29, 1.82) is 0 Å². The predicted octanol–water partition coefficient (Wildman–Crippen LogP) is 12.3. The van der Waals surface area contributed by atoms with E-state index in [4.69, 9.17) is 0 Å². The first kappa shape index (κ1) is 40.2. The number of hydrogen-bond donors (Lipinski definition) is 0. The zero-order valence-electron chi connectivity index (χ0n) is 28.0. The Balaban J connectivity index is 3.49. The fourth-order valence-corrected chi connectivity index (χ4v) is 5.06. The standard InChI is InChI=1S/C38H68N2O2/c1-3-5-7-9-11-13-15-17-19-21-23-25-27-29-31-33-37(41)39-35-36-40-38(42)34-32-30-28-26-24-22-20-18-16-14-12-10-8-6-4-2/h17-20,35-36H,3-16,21-34H2,1-2H3. The molecule has 0 aliphatic carbocycles. The van der Waals surface area contributed by atoms with Crippen molar-refractivity contribution < 1.29 is 9.59 Å². The Bertz CT molecular complexity index is 648. The van der Waals surface area contributed by atoms with Crippen molar-refractivity contribution in [3.05, 3.63) is 24.3 Å². The summed E-state index contributed by atoms with van der Waals surface area (Å²) in [5.74, 6) is -0.243. The van der Waals surface area contributed by atoms with Crippen molar-refractivity contribution in [3.63, 3.8) is 0 Å². The minimum atomic E-state index is -0.121.